The van der Waals surface area contributed by atoms with Crippen LogP contribution in [-0.2, 0) is 16.0 Å². The first-order valence-corrected chi connectivity index (χ1v) is 8.81. The van der Waals surface area contributed by atoms with Crippen molar-refractivity contribution in [3.8, 4) is 5.75 Å². The standard InChI is InChI=1S/C21H26N2O3/c1-4-19(26-18-8-6-5-7-9-18)21(25)22-17-13-10-16(11-14-17)12-15-20(24)23(2)3/h5-11,13-14,19H,4,12,15H2,1-3H3,(H,22,25). The summed E-state index contributed by atoms with van der Waals surface area (Å²) in [4.78, 5) is 25.7. The molecule has 2 aromatic rings. The Hall–Kier alpha value is -2.82. The molecule has 2 amide bonds. The topological polar surface area (TPSA) is 58.6 Å². The molecule has 26 heavy (non-hydrogen) atoms. The van der Waals surface area contributed by atoms with Crippen molar-refractivity contribution in [2.75, 3.05) is 19.4 Å². The molecule has 0 aliphatic rings. The van der Waals surface area contributed by atoms with Gasteiger partial charge in [0.15, 0.2) is 6.10 Å². The molecule has 0 bridgehead atoms. The van der Waals surface area contributed by atoms with Crippen molar-refractivity contribution in [2.45, 2.75) is 32.3 Å². The Morgan fingerprint density at radius 3 is 2.27 bits per heavy atom. The van der Waals surface area contributed by atoms with Gasteiger partial charge < -0.3 is 15.0 Å². The molecule has 138 valence electrons. The molecule has 0 heterocycles. The van der Waals surface area contributed by atoms with Gasteiger partial charge in [0.25, 0.3) is 5.91 Å². The van der Waals surface area contributed by atoms with Gasteiger partial charge in [-0.15, -0.1) is 0 Å². The highest BCUT2D eigenvalue weighted by atomic mass is 16.5. The van der Waals surface area contributed by atoms with E-state index in [9.17, 15) is 9.59 Å². The third-order valence-corrected chi connectivity index (χ3v) is 4.03. The Balaban J connectivity index is 1.90. The number of carbonyl (C=O) groups is 2. The van der Waals surface area contributed by atoms with E-state index in [2.05, 4.69) is 5.32 Å². The molecule has 0 aromatic heterocycles. The fourth-order valence-corrected chi connectivity index (χ4v) is 2.44. The summed E-state index contributed by atoms with van der Waals surface area (Å²) >= 11 is 0. The minimum Gasteiger partial charge on any atom is -0.481 e. The molecule has 0 aliphatic carbocycles. The van der Waals surface area contributed by atoms with Crippen LogP contribution in [0.3, 0.4) is 0 Å². The van der Waals surface area contributed by atoms with Crippen LogP contribution in [0, 0.1) is 0 Å². The molecule has 1 N–H and O–H groups in total. The van der Waals surface area contributed by atoms with E-state index in [0.29, 0.717) is 30.7 Å². The number of nitrogens with zero attached hydrogens (tertiary/aromatic N) is 1. The van der Waals surface area contributed by atoms with E-state index in [1.165, 1.54) is 0 Å². The lowest BCUT2D eigenvalue weighted by molar-refractivity contribution is -0.128. The average Bonchev–Trinajstić information content (AvgIpc) is 2.65. The highest BCUT2D eigenvalue weighted by Crippen LogP contribution is 2.16. The molecule has 0 saturated heterocycles. The largest absolute Gasteiger partial charge is 0.481 e. The van der Waals surface area contributed by atoms with Crippen molar-refractivity contribution >= 4 is 17.5 Å². The van der Waals surface area contributed by atoms with Crippen LogP contribution in [0.15, 0.2) is 54.6 Å². The minimum absolute atomic E-state index is 0.103. The lowest BCUT2D eigenvalue weighted by Gasteiger charge is -2.17. The monoisotopic (exact) mass is 354 g/mol. The average molecular weight is 354 g/mol. The molecule has 0 spiro atoms. The third kappa shape index (κ3) is 5.92. The van der Waals surface area contributed by atoms with Crippen molar-refractivity contribution < 1.29 is 14.3 Å². The number of rotatable bonds is 8. The lowest BCUT2D eigenvalue weighted by atomic mass is 10.1. The second kappa shape index (κ2) is 9.61. The molecule has 0 saturated carbocycles. The van der Waals surface area contributed by atoms with Crippen LogP contribution in [0.1, 0.15) is 25.3 Å². The molecule has 0 radical (unpaired) electrons. The highest BCUT2D eigenvalue weighted by Gasteiger charge is 2.18. The molecule has 1 atom stereocenters. The van der Waals surface area contributed by atoms with Crippen molar-refractivity contribution in [3.63, 3.8) is 0 Å². The quantitative estimate of drug-likeness (QED) is 0.789. The zero-order chi connectivity index (χ0) is 18.9. The van der Waals surface area contributed by atoms with E-state index in [-0.39, 0.29) is 11.8 Å². The van der Waals surface area contributed by atoms with Gasteiger partial charge in [0.2, 0.25) is 5.91 Å². The van der Waals surface area contributed by atoms with Crippen LogP contribution in [0.4, 0.5) is 5.69 Å². The molecule has 5 nitrogen and oxygen atoms in total. The van der Waals surface area contributed by atoms with E-state index in [1.54, 1.807) is 19.0 Å². The van der Waals surface area contributed by atoms with Crippen LogP contribution in [-0.4, -0.2) is 36.9 Å². The van der Waals surface area contributed by atoms with Crippen LogP contribution in [0.25, 0.3) is 0 Å². The van der Waals surface area contributed by atoms with E-state index in [4.69, 9.17) is 4.74 Å². The number of anilines is 1. The summed E-state index contributed by atoms with van der Waals surface area (Å²) in [6.07, 6.45) is 1.18. The summed E-state index contributed by atoms with van der Waals surface area (Å²) in [5.41, 5.74) is 1.78. The van der Waals surface area contributed by atoms with E-state index < -0.39 is 6.10 Å². The Kier molecular flexibility index (Phi) is 7.21. The maximum atomic E-state index is 12.4. The number of hydrogen-bond acceptors (Lipinski definition) is 3. The number of hydrogen-bond donors (Lipinski definition) is 1. The molecule has 5 heteroatoms. The number of carbonyl (C=O) groups excluding carboxylic acids is 2. The summed E-state index contributed by atoms with van der Waals surface area (Å²) in [6, 6.07) is 16.9. The van der Waals surface area contributed by atoms with E-state index >= 15 is 0 Å². The lowest BCUT2D eigenvalue weighted by Crippen LogP contribution is -2.32. The molecule has 0 aliphatic heterocycles. The summed E-state index contributed by atoms with van der Waals surface area (Å²) in [7, 11) is 3.51. The summed E-state index contributed by atoms with van der Waals surface area (Å²) < 4.78 is 5.75. The van der Waals surface area contributed by atoms with E-state index in [0.717, 1.165) is 5.56 Å². The van der Waals surface area contributed by atoms with Crippen molar-refractivity contribution in [1.29, 1.82) is 0 Å². The Bertz CT molecular complexity index is 712. The normalized spacial score (nSPS) is 11.5. The van der Waals surface area contributed by atoms with Gasteiger partial charge >= 0.3 is 0 Å². The molecular formula is C21H26N2O3. The van der Waals surface area contributed by atoms with Gasteiger partial charge in [-0.2, -0.15) is 0 Å². The zero-order valence-corrected chi connectivity index (χ0v) is 15.6. The first kappa shape index (κ1) is 19.5. The molecule has 0 fully saturated rings. The highest BCUT2D eigenvalue weighted by molar-refractivity contribution is 5.94. The Labute approximate surface area is 155 Å². The Morgan fingerprint density at radius 1 is 1.04 bits per heavy atom. The molecular weight excluding hydrogens is 328 g/mol. The van der Waals surface area contributed by atoms with Gasteiger partial charge in [-0.1, -0.05) is 37.3 Å². The smallest absolute Gasteiger partial charge is 0.265 e. The van der Waals surface area contributed by atoms with Gasteiger partial charge in [-0.05, 0) is 42.7 Å². The predicted molar refractivity (Wildman–Crippen MR) is 103 cm³/mol. The van der Waals surface area contributed by atoms with Gasteiger partial charge in [0, 0.05) is 26.2 Å². The fourth-order valence-electron chi connectivity index (χ4n) is 2.44. The number of nitrogens with one attached hydrogen (secondary N) is 1. The number of aryl methyl sites for hydroxylation is 1. The SMILES string of the molecule is CCC(Oc1ccccc1)C(=O)Nc1ccc(CCC(=O)N(C)C)cc1. The second-order valence-electron chi connectivity index (χ2n) is 6.30. The van der Waals surface area contributed by atoms with Crippen molar-refractivity contribution in [1.82, 2.24) is 4.90 Å². The van der Waals surface area contributed by atoms with Crippen LogP contribution >= 0.6 is 0 Å². The van der Waals surface area contributed by atoms with Gasteiger partial charge in [0.05, 0.1) is 0 Å². The summed E-state index contributed by atoms with van der Waals surface area (Å²) in [5.74, 6) is 0.605. The van der Waals surface area contributed by atoms with Crippen LogP contribution < -0.4 is 10.1 Å². The van der Waals surface area contributed by atoms with Crippen molar-refractivity contribution in [2.24, 2.45) is 0 Å². The first-order valence-electron chi connectivity index (χ1n) is 8.81. The maximum absolute atomic E-state index is 12.4. The zero-order valence-electron chi connectivity index (χ0n) is 15.6. The first-order chi connectivity index (χ1) is 12.5. The van der Waals surface area contributed by atoms with Gasteiger partial charge in [-0.3, -0.25) is 9.59 Å². The second-order valence-corrected chi connectivity index (χ2v) is 6.30. The van der Waals surface area contributed by atoms with Gasteiger partial charge in [0.1, 0.15) is 5.75 Å². The fraction of sp³-hybridized carbons (Fsp3) is 0.333. The summed E-state index contributed by atoms with van der Waals surface area (Å²) in [6.45, 7) is 1.91. The number of benzene rings is 2. The van der Waals surface area contributed by atoms with Crippen molar-refractivity contribution in [3.05, 3.63) is 60.2 Å². The molecule has 1 unspecified atom stereocenters. The van der Waals surface area contributed by atoms with Gasteiger partial charge in [-0.25, -0.2) is 0 Å². The molecule has 2 rings (SSSR count). The number of para-hydroxylation sites is 1. The predicted octanol–water partition coefficient (Wildman–Crippen LogP) is 3.50. The summed E-state index contributed by atoms with van der Waals surface area (Å²) in [5, 5.41) is 2.88. The maximum Gasteiger partial charge on any atom is 0.265 e. The Morgan fingerprint density at radius 2 is 1.69 bits per heavy atom. The van der Waals surface area contributed by atoms with Crippen LogP contribution in [0.5, 0.6) is 5.75 Å². The van der Waals surface area contributed by atoms with E-state index in [1.807, 2.05) is 61.5 Å². The van der Waals surface area contributed by atoms with Crippen LogP contribution in [0.2, 0.25) is 0 Å². The molecule has 2 aromatic carbocycles. The number of ether oxygens (including phenoxy) is 1. The minimum atomic E-state index is -0.546. The number of amides is 2. The third-order valence-electron chi connectivity index (χ3n) is 4.03.